The zero-order chi connectivity index (χ0) is 19.7. The highest BCUT2D eigenvalue weighted by molar-refractivity contribution is 5.04. The minimum Gasteiger partial charge on any atom is -0.379 e. The average molecular weight is 379 g/mol. The lowest BCUT2D eigenvalue weighted by Gasteiger charge is -2.62. The Morgan fingerprint density at radius 3 is 1.74 bits per heavy atom. The van der Waals surface area contributed by atoms with E-state index >= 15 is 0 Å². The number of hydrogen-bond acceptors (Lipinski definition) is 2. The van der Waals surface area contributed by atoms with Crippen molar-refractivity contribution in [3.63, 3.8) is 0 Å². The molecule has 0 aromatic rings. The van der Waals surface area contributed by atoms with Gasteiger partial charge in [0.1, 0.15) is 0 Å². The fraction of sp³-hybridized carbons (Fsp3) is 1.00. The van der Waals surface area contributed by atoms with Crippen LogP contribution in [0.5, 0.6) is 0 Å². The van der Waals surface area contributed by atoms with Crippen molar-refractivity contribution in [2.24, 2.45) is 65.1 Å². The summed E-state index contributed by atoms with van der Waals surface area (Å²) in [6.45, 7) is 20.7. The maximum absolute atomic E-state index is 6.06. The molecule has 0 saturated heterocycles. The maximum Gasteiger partial charge on any atom is 0.0700 e. The van der Waals surface area contributed by atoms with Crippen LogP contribution in [0, 0.1) is 65.1 Å². The monoisotopic (exact) mass is 378 g/mol. The van der Waals surface area contributed by atoms with Crippen molar-refractivity contribution in [3.05, 3.63) is 0 Å². The van der Waals surface area contributed by atoms with Gasteiger partial charge in [-0.15, -0.1) is 0 Å². The van der Waals surface area contributed by atoms with Gasteiger partial charge in [0.25, 0.3) is 0 Å². The number of ether oxygens (including phenoxy) is 2. The molecule has 3 saturated carbocycles. The van der Waals surface area contributed by atoms with Crippen LogP contribution < -0.4 is 0 Å². The summed E-state index contributed by atoms with van der Waals surface area (Å²) in [5.41, 5.74) is 0. The molecule has 0 heterocycles. The van der Waals surface area contributed by atoms with Crippen molar-refractivity contribution in [2.45, 2.75) is 67.7 Å². The van der Waals surface area contributed by atoms with Gasteiger partial charge in [0.05, 0.1) is 13.2 Å². The summed E-state index contributed by atoms with van der Waals surface area (Å²) in [6.07, 6.45) is 4.26. The van der Waals surface area contributed by atoms with Crippen LogP contribution in [-0.4, -0.2) is 26.4 Å². The van der Waals surface area contributed by atoms with E-state index in [4.69, 9.17) is 9.47 Å². The topological polar surface area (TPSA) is 18.5 Å². The Morgan fingerprint density at radius 1 is 0.630 bits per heavy atom. The van der Waals surface area contributed by atoms with Gasteiger partial charge in [0.2, 0.25) is 0 Å². The van der Waals surface area contributed by atoms with Crippen molar-refractivity contribution in [1.82, 2.24) is 0 Å². The summed E-state index contributed by atoms with van der Waals surface area (Å²) in [4.78, 5) is 0. The molecule has 0 aromatic heterocycles. The Kier molecular flexibility index (Phi) is 7.34. The Morgan fingerprint density at radius 2 is 1.15 bits per heavy atom. The first kappa shape index (κ1) is 21.6. The second-order valence-electron chi connectivity index (χ2n) is 10.7. The third-order valence-corrected chi connectivity index (χ3v) is 9.30. The van der Waals surface area contributed by atoms with Crippen LogP contribution in [0.3, 0.4) is 0 Å². The van der Waals surface area contributed by atoms with Crippen LogP contribution in [0.1, 0.15) is 67.7 Å². The molecule has 0 aliphatic heterocycles. The van der Waals surface area contributed by atoms with Gasteiger partial charge in [0, 0.05) is 13.2 Å². The van der Waals surface area contributed by atoms with Gasteiger partial charge in [0.15, 0.2) is 0 Å². The maximum atomic E-state index is 6.06. The molecule has 0 amide bonds. The van der Waals surface area contributed by atoms with E-state index in [-0.39, 0.29) is 0 Å². The summed E-state index contributed by atoms with van der Waals surface area (Å²) >= 11 is 0. The molecule has 2 nitrogen and oxygen atoms in total. The molecule has 3 rings (SSSR count). The van der Waals surface area contributed by atoms with Crippen LogP contribution >= 0.6 is 0 Å². The highest BCUT2D eigenvalue weighted by Crippen LogP contribution is 2.61. The average Bonchev–Trinajstić information content (AvgIpc) is 2.63. The molecule has 11 unspecified atom stereocenters. The predicted octanol–water partition coefficient (Wildman–Crippen LogP) is 6.15. The van der Waals surface area contributed by atoms with E-state index < -0.39 is 0 Å². The first-order chi connectivity index (χ1) is 12.9. The van der Waals surface area contributed by atoms with Crippen molar-refractivity contribution in [3.8, 4) is 0 Å². The Labute approximate surface area is 169 Å². The van der Waals surface area contributed by atoms with Gasteiger partial charge in [-0.3, -0.25) is 0 Å². The first-order valence-corrected chi connectivity index (χ1v) is 12.0. The van der Waals surface area contributed by atoms with E-state index in [0.717, 1.165) is 91.5 Å². The minimum atomic E-state index is 0.727. The lowest BCUT2D eigenvalue weighted by atomic mass is 9.43. The largest absolute Gasteiger partial charge is 0.379 e. The summed E-state index contributed by atoms with van der Waals surface area (Å²) in [7, 11) is 0. The van der Waals surface area contributed by atoms with E-state index in [9.17, 15) is 0 Å². The molecule has 27 heavy (non-hydrogen) atoms. The highest BCUT2D eigenvalue weighted by Gasteiger charge is 2.56. The molecule has 3 fully saturated rings. The van der Waals surface area contributed by atoms with Crippen LogP contribution in [0.15, 0.2) is 0 Å². The molecule has 0 spiro atoms. The van der Waals surface area contributed by atoms with Gasteiger partial charge in [-0.25, -0.2) is 0 Å². The van der Waals surface area contributed by atoms with Crippen LogP contribution in [0.2, 0.25) is 0 Å². The molecule has 158 valence electrons. The van der Waals surface area contributed by atoms with Crippen molar-refractivity contribution in [1.29, 1.82) is 0 Å². The fourth-order valence-corrected chi connectivity index (χ4v) is 8.23. The molecule has 11 atom stereocenters. The molecule has 0 N–H and O–H groups in total. The molecular formula is C25H46O2. The van der Waals surface area contributed by atoms with Crippen LogP contribution in [0.25, 0.3) is 0 Å². The zero-order valence-electron chi connectivity index (χ0n) is 19.1. The second kappa shape index (κ2) is 9.16. The van der Waals surface area contributed by atoms with E-state index in [2.05, 4.69) is 48.5 Å². The van der Waals surface area contributed by atoms with Gasteiger partial charge in [-0.2, -0.15) is 0 Å². The first-order valence-electron chi connectivity index (χ1n) is 12.0. The molecule has 0 aromatic carbocycles. The van der Waals surface area contributed by atoms with Gasteiger partial charge in [-0.1, -0.05) is 54.4 Å². The van der Waals surface area contributed by atoms with E-state index in [1.165, 1.54) is 19.3 Å². The molecule has 2 heteroatoms. The van der Waals surface area contributed by atoms with Gasteiger partial charge >= 0.3 is 0 Å². The van der Waals surface area contributed by atoms with Crippen molar-refractivity contribution in [2.75, 3.05) is 26.4 Å². The molecule has 3 aliphatic rings. The van der Waals surface area contributed by atoms with Crippen LogP contribution in [-0.2, 0) is 9.47 Å². The Hall–Kier alpha value is -0.0800. The number of rotatable bonds is 6. The van der Waals surface area contributed by atoms with E-state index in [1.807, 2.05) is 0 Å². The SMILES string of the molecule is CCOCCOCC1CC(C)C2C(C)C3C(C)CCC(C)C3C(C)C2C1C. The third-order valence-electron chi connectivity index (χ3n) is 9.30. The van der Waals surface area contributed by atoms with E-state index in [1.54, 1.807) is 0 Å². The summed E-state index contributed by atoms with van der Waals surface area (Å²) in [5, 5.41) is 0. The van der Waals surface area contributed by atoms with Gasteiger partial charge in [-0.05, 0) is 78.4 Å². The van der Waals surface area contributed by atoms with E-state index in [0.29, 0.717) is 0 Å². The highest BCUT2D eigenvalue weighted by atomic mass is 16.5. The number of hydrogen-bond donors (Lipinski definition) is 0. The quantitative estimate of drug-likeness (QED) is 0.516. The van der Waals surface area contributed by atoms with Crippen molar-refractivity contribution < 1.29 is 9.47 Å². The summed E-state index contributed by atoms with van der Waals surface area (Å²) in [6, 6.07) is 0. The lowest BCUT2D eigenvalue weighted by Crippen LogP contribution is -2.57. The minimum absolute atomic E-state index is 0.727. The normalized spacial score (nSPS) is 50.1. The molecule has 3 aliphatic carbocycles. The Balaban J connectivity index is 1.73. The van der Waals surface area contributed by atoms with Gasteiger partial charge < -0.3 is 9.47 Å². The second-order valence-corrected chi connectivity index (χ2v) is 10.7. The van der Waals surface area contributed by atoms with Crippen molar-refractivity contribution >= 4 is 0 Å². The standard InChI is InChI=1S/C25H46O2/c1-8-26-11-12-27-14-21-13-17(4)24-19(6)22-15(2)9-10-16(3)23(22)20(7)25(24)18(21)5/h15-25H,8-14H2,1-7H3. The third kappa shape index (κ3) is 4.13. The number of fused-ring (bicyclic) bond motifs is 2. The summed E-state index contributed by atoms with van der Waals surface area (Å²) in [5.74, 6) is 9.67. The van der Waals surface area contributed by atoms with Crippen LogP contribution in [0.4, 0.5) is 0 Å². The predicted molar refractivity (Wildman–Crippen MR) is 114 cm³/mol. The molecule has 0 bridgehead atoms. The molecule has 0 radical (unpaired) electrons. The lowest BCUT2D eigenvalue weighted by molar-refractivity contribution is -0.144. The zero-order valence-corrected chi connectivity index (χ0v) is 19.1. The summed E-state index contributed by atoms with van der Waals surface area (Å²) < 4.78 is 11.5. The smallest absolute Gasteiger partial charge is 0.0700 e. The molecular weight excluding hydrogens is 332 g/mol. The Bertz CT molecular complexity index is 463. The fourth-order valence-electron chi connectivity index (χ4n) is 8.23.